The number of ether oxygens (including phenoxy) is 7. The molecule has 1 spiro atoms. The van der Waals surface area contributed by atoms with E-state index in [1.807, 2.05) is 50.5 Å². The maximum Gasteiger partial charge on any atom is 1.00 e. The number of aliphatic hydroxyl groups excluding tert-OH is 1. The number of aryl methyl sites for hydroxylation is 4. The van der Waals surface area contributed by atoms with Crippen LogP contribution in [0.2, 0.25) is 0 Å². The molecule has 0 amide bonds. The summed E-state index contributed by atoms with van der Waals surface area (Å²) in [6, 6.07) is 45.6. The molecule has 0 radical (unpaired) electrons. The van der Waals surface area contributed by atoms with Gasteiger partial charge in [-0.15, -0.1) is 17.2 Å². The summed E-state index contributed by atoms with van der Waals surface area (Å²) in [5.74, 6) is -1.21. The second-order valence-electron chi connectivity index (χ2n) is 20.5. The second kappa shape index (κ2) is 34.0. The SMILES string of the molecule is C.C.COCCOCCOCCOc1ccc(C2(c3ccc(COCCOCCOCCO)c([C-]=O)c3)c3cc(C)ccc3-c3ccc(C)cc32)cc1C(=O)[O-].Cc1ccc2c(c1)C1(c3cc(C)ccc3-2)c2cccnc2-c2ncccc21.[Cs+].[Cs+].[OH-]. The molecular weight excluding hydrogens is 1330 g/mol. The zero-order valence-corrected chi connectivity index (χ0v) is 61.5. The van der Waals surface area contributed by atoms with Crippen LogP contribution in [0.3, 0.4) is 0 Å². The predicted molar refractivity (Wildman–Crippen MR) is 323 cm³/mol. The van der Waals surface area contributed by atoms with Gasteiger partial charge in [0.1, 0.15) is 12.4 Å². The minimum absolute atomic E-state index is 0. The van der Waals surface area contributed by atoms with Crippen LogP contribution in [0.1, 0.15) is 103 Å². The number of fused-ring (bicyclic) bond motifs is 13. The Hall–Kier alpha value is -3.66. The third-order valence-corrected chi connectivity index (χ3v) is 15.4. The smallest absolute Gasteiger partial charge is 0.870 e. The number of aliphatic hydroxyl groups is 1. The number of hydrogen-bond donors (Lipinski definition) is 1. The van der Waals surface area contributed by atoms with Gasteiger partial charge in [0.15, 0.2) is 0 Å². The Kier molecular flexibility index (Phi) is 28.9. The number of carboxylic acids is 1. The van der Waals surface area contributed by atoms with Crippen molar-refractivity contribution in [2.24, 2.45) is 0 Å². The van der Waals surface area contributed by atoms with Gasteiger partial charge < -0.3 is 58.4 Å². The number of hydrogen-bond acceptors (Lipinski definition) is 14. The quantitative estimate of drug-likeness (QED) is 0.0650. The third kappa shape index (κ3) is 14.9. The maximum absolute atomic E-state index is 12.7. The number of carbonyl (C=O) groups excluding carboxylic acids is 2. The van der Waals surface area contributed by atoms with E-state index >= 15 is 0 Å². The first kappa shape index (κ1) is 73.1. The van der Waals surface area contributed by atoms with Gasteiger partial charge in [0.2, 0.25) is 0 Å². The fraction of sp³-hybridized carbons (Fsp3) is 0.314. The summed E-state index contributed by atoms with van der Waals surface area (Å²) >= 11 is 0. The molecule has 14 nitrogen and oxygen atoms in total. The van der Waals surface area contributed by atoms with Crippen molar-refractivity contribution in [3.05, 3.63) is 229 Å². The molecule has 0 atom stereocenters. The summed E-state index contributed by atoms with van der Waals surface area (Å²) in [4.78, 5) is 34.8. The van der Waals surface area contributed by atoms with Crippen LogP contribution in [-0.4, -0.2) is 119 Å². The predicted octanol–water partition coefficient (Wildman–Crippen LogP) is 4.63. The van der Waals surface area contributed by atoms with Crippen molar-refractivity contribution in [3.8, 4) is 39.4 Å². The average molecular weight is 1400 g/mol. The van der Waals surface area contributed by atoms with Crippen molar-refractivity contribution < 1.29 is 196 Å². The molecule has 0 saturated carbocycles. The van der Waals surface area contributed by atoms with Gasteiger partial charge in [-0.2, -0.15) is 6.07 Å². The number of benzene rings is 6. The van der Waals surface area contributed by atoms with E-state index in [9.17, 15) is 14.7 Å². The van der Waals surface area contributed by atoms with Crippen molar-refractivity contribution in [3.63, 3.8) is 0 Å². The third-order valence-electron chi connectivity index (χ3n) is 15.4. The molecule has 0 saturated heterocycles. The first-order valence-corrected chi connectivity index (χ1v) is 27.4. The summed E-state index contributed by atoms with van der Waals surface area (Å²) in [7, 11) is 1.61. The van der Waals surface area contributed by atoms with Crippen LogP contribution in [0.25, 0.3) is 33.6 Å². The van der Waals surface area contributed by atoms with Crippen LogP contribution >= 0.6 is 0 Å². The van der Waals surface area contributed by atoms with E-state index < -0.39 is 11.4 Å². The summed E-state index contributed by atoms with van der Waals surface area (Å²) in [6.45, 7) is 12.3. The maximum atomic E-state index is 12.7. The van der Waals surface area contributed by atoms with Gasteiger partial charge in [-0.05, 0) is 113 Å². The molecule has 0 bridgehead atoms. The molecule has 2 N–H and O–H groups in total. The molecule has 6 aromatic carbocycles. The Bertz CT molecular complexity index is 3440. The number of methoxy groups -OCH3 is 1. The number of nitrogens with zero attached hydrogens (tertiary/aromatic N) is 2. The van der Waals surface area contributed by atoms with Crippen LogP contribution < -0.4 is 148 Å². The Morgan fingerprint density at radius 1 is 0.512 bits per heavy atom. The van der Waals surface area contributed by atoms with Gasteiger partial charge in [-0.1, -0.05) is 140 Å². The van der Waals surface area contributed by atoms with E-state index in [4.69, 9.17) is 48.2 Å². The second-order valence-corrected chi connectivity index (χ2v) is 20.5. The Balaban J connectivity index is 0.000000353. The van der Waals surface area contributed by atoms with Crippen LogP contribution in [0.5, 0.6) is 5.75 Å². The fourth-order valence-corrected chi connectivity index (χ4v) is 11.9. The van der Waals surface area contributed by atoms with E-state index in [1.54, 1.807) is 19.2 Å². The Morgan fingerprint density at radius 2 is 0.930 bits per heavy atom. The van der Waals surface area contributed by atoms with Gasteiger partial charge in [0.05, 0.1) is 107 Å². The van der Waals surface area contributed by atoms with Crippen molar-refractivity contribution >= 4 is 12.3 Å². The summed E-state index contributed by atoms with van der Waals surface area (Å²) in [5, 5.41) is 21.5. The molecule has 16 heteroatoms. The Labute approximate surface area is 624 Å². The fourth-order valence-electron chi connectivity index (χ4n) is 11.9. The van der Waals surface area contributed by atoms with Gasteiger partial charge >= 0.3 is 138 Å². The molecule has 0 aliphatic heterocycles. The number of aromatic carboxylic acids is 1. The van der Waals surface area contributed by atoms with E-state index in [2.05, 4.69) is 117 Å². The average Bonchev–Trinajstić information content (AvgIpc) is 1.52. The molecule has 3 aliphatic rings. The standard InChI is InChI=1S/C43H49O11.C25H18N2.2CH4.2Cs.H2O/c1-30-4-9-36-37-10-5-31(2)25-40(37)43(39(36)24-30,34-7-6-32(33(26-34)28-45)29-53-21-20-51-17-16-49-13-12-44)35-8-11-41(38(27-35)42(46)47)54-23-22-52-19-18-50-15-14-48-3;1-15-7-9-17-18-10-8-16(2)14-22(18)25(21(17)13-15)19-5-3-11-26-23(19)24-20(25)6-4-12-27-24;;;;;/h4-11,24-27,44H,12-23,29H2,1-3H3,(H,46,47);3-14H,1-2H3;2*1H4;;;1H2/q-1;;;;2*+1;/p-2. The molecule has 440 valence electrons. The normalized spacial score (nSPS) is 12.6. The number of aromatic nitrogens is 2. The molecule has 3 aliphatic carbocycles. The summed E-state index contributed by atoms with van der Waals surface area (Å²) < 4.78 is 38.4. The zero-order chi connectivity index (χ0) is 56.5. The minimum Gasteiger partial charge on any atom is -0.870 e. The number of carbonyl (C=O) groups is 1. The molecule has 11 rings (SSSR count). The number of pyridine rings is 2. The molecule has 0 fully saturated rings. The monoisotopic (exact) mass is 1400 g/mol. The van der Waals surface area contributed by atoms with Crippen LogP contribution in [0.4, 0.5) is 0 Å². The van der Waals surface area contributed by atoms with E-state index in [0.29, 0.717) is 69.5 Å². The van der Waals surface area contributed by atoms with Crippen LogP contribution in [-0.2, 0) is 50.7 Å². The number of rotatable bonds is 24. The Morgan fingerprint density at radius 3 is 1.38 bits per heavy atom. The van der Waals surface area contributed by atoms with Crippen molar-refractivity contribution in [2.45, 2.75) is 60.0 Å². The molecule has 0 unspecified atom stereocenters. The molecule has 86 heavy (non-hydrogen) atoms. The van der Waals surface area contributed by atoms with E-state index in [-0.39, 0.29) is 208 Å². The van der Waals surface area contributed by atoms with Crippen molar-refractivity contribution in [1.82, 2.24) is 9.97 Å². The van der Waals surface area contributed by atoms with Gasteiger partial charge in [0.25, 0.3) is 0 Å². The molecular formula is C70H75Cs2N2O12-. The molecule has 8 aromatic rings. The van der Waals surface area contributed by atoms with Gasteiger partial charge in [-0.25, -0.2) is 0 Å². The summed E-state index contributed by atoms with van der Waals surface area (Å²) in [5.41, 5.74) is 19.4. The van der Waals surface area contributed by atoms with Crippen LogP contribution in [0, 0.1) is 27.7 Å². The zero-order valence-electron chi connectivity index (χ0n) is 48.9. The topological polar surface area (TPSA) is 198 Å². The van der Waals surface area contributed by atoms with Crippen LogP contribution in [0.15, 0.2) is 146 Å². The van der Waals surface area contributed by atoms with E-state index in [0.717, 1.165) is 50.3 Å². The molecule has 2 heterocycles. The minimum atomic E-state index is -1.38. The largest absolute Gasteiger partial charge is 1.00 e. The summed E-state index contributed by atoms with van der Waals surface area (Å²) in [6.07, 6.45) is 5.87. The van der Waals surface area contributed by atoms with E-state index in [1.165, 1.54) is 44.5 Å². The first-order valence-electron chi connectivity index (χ1n) is 27.4. The van der Waals surface area contributed by atoms with Gasteiger partial charge in [-0.3, -0.25) is 9.97 Å². The van der Waals surface area contributed by atoms with Crippen molar-refractivity contribution in [1.29, 1.82) is 0 Å². The molecule has 2 aromatic heterocycles. The van der Waals surface area contributed by atoms with Crippen molar-refractivity contribution in [2.75, 3.05) is 86.4 Å². The first-order chi connectivity index (χ1) is 39.6. The van der Waals surface area contributed by atoms with Gasteiger partial charge in [0, 0.05) is 31.7 Å². The number of carboxylic acid groups (broad SMARTS) is 1.